The maximum atomic E-state index is 8.36. The summed E-state index contributed by atoms with van der Waals surface area (Å²) in [4.78, 5) is 8.36. The molecule has 0 aromatic heterocycles. The Hall–Kier alpha value is -0.178. The predicted octanol–water partition coefficient (Wildman–Crippen LogP) is 2.61. The molecule has 0 atom stereocenters. The predicted molar refractivity (Wildman–Crippen MR) is 60.7 cm³/mol. The first-order valence-electron chi connectivity index (χ1n) is 5.69. The molecule has 102 valence electrons. The standard InChI is InChI=1S/C10H23N.HNO3.Pd/c1-3-5-7-9-11-10-8-6-4-2;2-1(3)4;/h11H,3-10H2,1-2H3;(H,2,3,4);. The van der Waals surface area contributed by atoms with E-state index in [4.69, 9.17) is 15.3 Å². The van der Waals surface area contributed by atoms with E-state index in [2.05, 4.69) is 19.2 Å². The van der Waals surface area contributed by atoms with Crippen LogP contribution in [-0.4, -0.2) is 23.4 Å². The van der Waals surface area contributed by atoms with E-state index in [1.807, 2.05) is 0 Å². The average Bonchev–Trinajstić information content (AvgIpc) is 2.16. The van der Waals surface area contributed by atoms with Gasteiger partial charge in [0.2, 0.25) is 0 Å². The van der Waals surface area contributed by atoms with E-state index in [0.29, 0.717) is 0 Å². The van der Waals surface area contributed by atoms with Crippen LogP contribution in [0, 0.1) is 10.1 Å². The zero-order valence-electron chi connectivity index (χ0n) is 10.2. The molecule has 0 bridgehead atoms. The van der Waals surface area contributed by atoms with Crippen molar-refractivity contribution in [3.05, 3.63) is 10.1 Å². The van der Waals surface area contributed by atoms with Gasteiger partial charge in [0.15, 0.2) is 0 Å². The van der Waals surface area contributed by atoms with Gasteiger partial charge in [0, 0.05) is 20.4 Å². The van der Waals surface area contributed by atoms with Crippen molar-refractivity contribution in [2.45, 2.75) is 52.4 Å². The number of hydrogen-bond donors (Lipinski definition) is 2. The second kappa shape index (κ2) is 20.3. The van der Waals surface area contributed by atoms with Crippen LogP contribution in [0.3, 0.4) is 0 Å². The Balaban J connectivity index is -0.000000292. The number of unbranched alkanes of at least 4 members (excludes halogenated alkanes) is 4. The van der Waals surface area contributed by atoms with Crippen LogP contribution >= 0.6 is 0 Å². The number of hydrogen-bond acceptors (Lipinski definition) is 3. The van der Waals surface area contributed by atoms with E-state index >= 15 is 0 Å². The third-order valence-electron chi connectivity index (χ3n) is 1.91. The molecule has 0 heterocycles. The Kier molecular flexibility index (Phi) is 26.8. The van der Waals surface area contributed by atoms with Crippen molar-refractivity contribution >= 4 is 0 Å². The van der Waals surface area contributed by atoms with Crippen molar-refractivity contribution in [2.24, 2.45) is 0 Å². The molecule has 0 unspecified atom stereocenters. The molecule has 5 nitrogen and oxygen atoms in total. The maximum absolute atomic E-state index is 8.36. The summed E-state index contributed by atoms with van der Waals surface area (Å²) >= 11 is 0. The van der Waals surface area contributed by atoms with Crippen LogP contribution in [-0.2, 0) is 20.4 Å². The summed E-state index contributed by atoms with van der Waals surface area (Å²) in [5.41, 5.74) is 0. The Bertz CT molecular complexity index is 125. The van der Waals surface area contributed by atoms with Gasteiger partial charge in [-0.05, 0) is 25.9 Å². The SMILES string of the molecule is CCCCCNCCCCC.O=[N+]([O-])O.[Pd]. The van der Waals surface area contributed by atoms with Crippen LogP contribution in [0.25, 0.3) is 0 Å². The van der Waals surface area contributed by atoms with Crippen molar-refractivity contribution < 1.29 is 30.7 Å². The summed E-state index contributed by atoms with van der Waals surface area (Å²) in [6.07, 6.45) is 8.11. The van der Waals surface area contributed by atoms with Crippen LogP contribution in [0.2, 0.25) is 0 Å². The first-order valence-corrected chi connectivity index (χ1v) is 5.69. The van der Waals surface area contributed by atoms with E-state index < -0.39 is 5.09 Å². The molecule has 6 heteroatoms. The van der Waals surface area contributed by atoms with E-state index in [-0.39, 0.29) is 20.4 Å². The fourth-order valence-corrected chi connectivity index (χ4v) is 1.12. The quantitative estimate of drug-likeness (QED) is 0.311. The average molecular weight is 327 g/mol. The number of rotatable bonds is 8. The minimum absolute atomic E-state index is 0. The third kappa shape index (κ3) is 37.1. The largest absolute Gasteiger partial charge is 0.328 e. The molecule has 0 aliphatic carbocycles. The molecule has 0 aliphatic rings. The fraction of sp³-hybridized carbons (Fsp3) is 1.00. The van der Waals surface area contributed by atoms with Crippen LogP contribution in [0.1, 0.15) is 52.4 Å². The summed E-state index contributed by atoms with van der Waals surface area (Å²) in [7, 11) is 0. The molecule has 0 rings (SSSR count). The minimum Gasteiger partial charge on any atom is -0.328 e. The normalized spacial score (nSPS) is 8.62. The molecule has 0 saturated carbocycles. The Labute approximate surface area is 112 Å². The summed E-state index contributed by atoms with van der Waals surface area (Å²) < 4.78 is 0. The molecule has 16 heavy (non-hydrogen) atoms. The minimum atomic E-state index is -1.50. The van der Waals surface area contributed by atoms with Gasteiger partial charge in [0.25, 0.3) is 5.09 Å². The van der Waals surface area contributed by atoms with Gasteiger partial charge in [-0.25, -0.2) is 0 Å². The second-order valence-electron chi connectivity index (χ2n) is 3.40. The number of nitrogens with zero attached hydrogens (tertiary/aromatic N) is 1. The molecule has 0 fully saturated rings. The van der Waals surface area contributed by atoms with Gasteiger partial charge < -0.3 is 10.5 Å². The molecular weight excluding hydrogens is 303 g/mol. The van der Waals surface area contributed by atoms with Crippen molar-refractivity contribution in [2.75, 3.05) is 13.1 Å². The Morgan fingerprint density at radius 3 is 1.62 bits per heavy atom. The smallest absolute Gasteiger partial charge is 0.291 e. The first-order chi connectivity index (χ1) is 7.15. The van der Waals surface area contributed by atoms with Crippen molar-refractivity contribution in [1.82, 2.24) is 5.32 Å². The van der Waals surface area contributed by atoms with Crippen molar-refractivity contribution in [3.8, 4) is 0 Å². The second-order valence-corrected chi connectivity index (χ2v) is 3.40. The maximum Gasteiger partial charge on any atom is 0.291 e. The van der Waals surface area contributed by atoms with Crippen molar-refractivity contribution in [3.63, 3.8) is 0 Å². The monoisotopic (exact) mass is 326 g/mol. The number of nitrogens with one attached hydrogen (secondary N) is 1. The van der Waals surface area contributed by atoms with Crippen LogP contribution in [0.15, 0.2) is 0 Å². The Morgan fingerprint density at radius 2 is 1.38 bits per heavy atom. The van der Waals surface area contributed by atoms with Crippen LogP contribution < -0.4 is 5.32 Å². The van der Waals surface area contributed by atoms with Gasteiger partial charge in [-0.2, -0.15) is 0 Å². The summed E-state index contributed by atoms with van der Waals surface area (Å²) in [5.74, 6) is 0. The topological polar surface area (TPSA) is 75.4 Å². The van der Waals surface area contributed by atoms with Crippen molar-refractivity contribution in [1.29, 1.82) is 0 Å². The summed E-state index contributed by atoms with van der Waals surface area (Å²) in [6, 6.07) is 0. The molecule has 0 aromatic carbocycles. The van der Waals surface area contributed by atoms with E-state index in [1.165, 1.54) is 51.6 Å². The van der Waals surface area contributed by atoms with Gasteiger partial charge in [-0.3, -0.25) is 0 Å². The van der Waals surface area contributed by atoms with Gasteiger partial charge in [-0.1, -0.05) is 39.5 Å². The van der Waals surface area contributed by atoms with Gasteiger partial charge in [-0.15, -0.1) is 10.1 Å². The molecule has 0 radical (unpaired) electrons. The molecule has 0 saturated heterocycles. The zero-order chi connectivity index (χ0) is 11.9. The molecule has 0 amide bonds. The van der Waals surface area contributed by atoms with Crippen LogP contribution in [0.5, 0.6) is 0 Å². The van der Waals surface area contributed by atoms with E-state index in [1.54, 1.807) is 0 Å². The van der Waals surface area contributed by atoms with Gasteiger partial charge in [0.1, 0.15) is 0 Å². The van der Waals surface area contributed by atoms with E-state index in [0.717, 1.165) is 0 Å². The first kappa shape index (κ1) is 21.1. The molecule has 0 aliphatic heterocycles. The summed E-state index contributed by atoms with van der Waals surface area (Å²) in [5, 5.41) is 17.1. The molecule has 0 aromatic rings. The van der Waals surface area contributed by atoms with Gasteiger partial charge >= 0.3 is 0 Å². The fourth-order valence-electron chi connectivity index (χ4n) is 1.12. The molecule has 2 N–H and O–H groups in total. The summed E-state index contributed by atoms with van der Waals surface area (Å²) in [6.45, 7) is 6.93. The Morgan fingerprint density at radius 1 is 1.06 bits per heavy atom. The van der Waals surface area contributed by atoms with Gasteiger partial charge in [0.05, 0.1) is 0 Å². The van der Waals surface area contributed by atoms with Crippen LogP contribution in [0.4, 0.5) is 0 Å². The zero-order valence-corrected chi connectivity index (χ0v) is 11.7. The third-order valence-corrected chi connectivity index (χ3v) is 1.91. The molecule has 0 spiro atoms. The molecular formula is C10H24N2O3Pd. The van der Waals surface area contributed by atoms with E-state index in [9.17, 15) is 0 Å².